The summed E-state index contributed by atoms with van der Waals surface area (Å²) in [5.74, 6) is -3.18. The van der Waals surface area contributed by atoms with Crippen LogP contribution in [0.1, 0.15) is 45.1 Å². The van der Waals surface area contributed by atoms with Crippen molar-refractivity contribution in [2.24, 2.45) is 17.4 Å². The van der Waals surface area contributed by atoms with Crippen LogP contribution in [0, 0.1) is 5.92 Å². The van der Waals surface area contributed by atoms with Gasteiger partial charge in [0, 0.05) is 6.42 Å². The van der Waals surface area contributed by atoms with Crippen molar-refractivity contribution in [1.29, 1.82) is 0 Å². The molecule has 0 fully saturated rings. The lowest BCUT2D eigenvalue weighted by Gasteiger charge is -2.25. The highest BCUT2D eigenvalue weighted by Crippen LogP contribution is 2.13. The first kappa shape index (κ1) is 28.9. The number of phenolic OH excluding ortho intramolecular Hbond substituents is 1. The van der Waals surface area contributed by atoms with E-state index in [1.165, 1.54) is 12.1 Å². The zero-order valence-electron chi connectivity index (χ0n) is 19.8. The first-order chi connectivity index (χ1) is 16.1. The molecule has 3 amide bonds. The molecule has 0 saturated heterocycles. The van der Waals surface area contributed by atoms with Gasteiger partial charge in [0.1, 0.15) is 17.8 Å². The van der Waals surface area contributed by atoms with Gasteiger partial charge in [-0.2, -0.15) is 0 Å². The SMILES string of the molecule is CCC(C)C(NC(=O)CNC(=O)C(N)CCCCN)C(=O)NC(Cc1ccc(O)cc1)C(=O)O. The van der Waals surface area contributed by atoms with Gasteiger partial charge < -0.3 is 37.6 Å². The first-order valence-corrected chi connectivity index (χ1v) is 11.4. The number of carbonyl (C=O) groups excluding carboxylic acids is 3. The van der Waals surface area contributed by atoms with Crippen LogP contribution in [0.4, 0.5) is 0 Å². The number of nitrogens with one attached hydrogen (secondary N) is 3. The number of aromatic hydroxyl groups is 1. The second kappa shape index (κ2) is 14.9. The van der Waals surface area contributed by atoms with E-state index in [1.807, 2.05) is 6.92 Å². The maximum absolute atomic E-state index is 12.9. The van der Waals surface area contributed by atoms with E-state index in [1.54, 1.807) is 19.1 Å². The molecule has 0 aliphatic carbocycles. The third kappa shape index (κ3) is 10.2. The number of benzene rings is 1. The number of carboxylic acid groups (broad SMARTS) is 1. The predicted octanol–water partition coefficient (Wildman–Crippen LogP) is -0.392. The molecule has 0 aliphatic rings. The van der Waals surface area contributed by atoms with E-state index >= 15 is 0 Å². The molecule has 1 aromatic carbocycles. The number of amides is 3. The summed E-state index contributed by atoms with van der Waals surface area (Å²) in [5, 5.41) is 26.5. The van der Waals surface area contributed by atoms with Crippen LogP contribution in [0.2, 0.25) is 0 Å². The molecule has 0 aromatic heterocycles. The minimum absolute atomic E-state index is 0.000623. The van der Waals surface area contributed by atoms with Crippen LogP contribution in [0.15, 0.2) is 24.3 Å². The lowest BCUT2D eigenvalue weighted by atomic mass is 9.97. The number of carbonyl (C=O) groups is 4. The van der Waals surface area contributed by atoms with Crippen LogP contribution in [0.5, 0.6) is 5.75 Å². The summed E-state index contributed by atoms with van der Waals surface area (Å²) in [5.41, 5.74) is 11.8. The first-order valence-electron chi connectivity index (χ1n) is 11.4. The molecule has 9 N–H and O–H groups in total. The maximum atomic E-state index is 12.9. The summed E-state index contributed by atoms with van der Waals surface area (Å²) in [6.07, 6.45) is 2.44. The standard InChI is InChI=1S/C23H37N5O6/c1-3-14(2)20(28-19(30)13-26-21(31)17(25)6-4-5-11-24)22(32)27-18(23(33)34)12-15-7-9-16(29)10-8-15/h7-10,14,17-18,20,29H,3-6,11-13,24-25H2,1-2H3,(H,26,31)(H,27,32)(H,28,30)(H,33,34). The normalized spacial score (nSPS) is 14.4. The van der Waals surface area contributed by atoms with Crippen molar-refractivity contribution in [1.82, 2.24) is 16.0 Å². The Labute approximate surface area is 199 Å². The third-order valence-corrected chi connectivity index (χ3v) is 5.53. The highest BCUT2D eigenvalue weighted by Gasteiger charge is 2.30. The second-order valence-corrected chi connectivity index (χ2v) is 8.31. The quantitative estimate of drug-likeness (QED) is 0.165. The Morgan fingerprint density at radius 3 is 2.24 bits per heavy atom. The molecule has 4 atom stereocenters. The van der Waals surface area contributed by atoms with Crippen LogP contribution >= 0.6 is 0 Å². The fraction of sp³-hybridized carbons (Fsp3) is 0.565. The van der Waals surface area contributed by atoms with E-state index in [9.17, 15) is 29.4 Å². The van der Waals surface area contributed by atoms with Crippen LogP contribution < -0.4 is 27.4 Å². The monoisotopic (exact) mass is 479 g/mol. The third-order valence-electron chi connectivity index (χ3n) is 5.53. The number of nitrogens with two attached hydrogens (primary N) is 2. The van der Waals surface area contributed by atoms with Crippen molar-refractivity contribution in [3.8, 4) is 5.75 Å². The van der Waals surface area contributed by atoms with Gasteiger partial charge in [-0.25, -0.2) is 4.79 Å². The van der Waals surface area contributed by atoms with E-state index in [4.69, 9.17) is 11.5 Å². The average molecular weight is 480 g/mol. The Balaban J connectivity index is 2.72. The van der Waals surface area contributed by atoms with E-state index in [0.29, 0.717) is 31.4 Å². The van der Waals surface area contributed by atoms with Crippen molar-refractivity contribution in [3.05, 3.63) is 29.8 Å². The largest absolute Gasteiger partial charge is 0.508 e. The minimum Gasteiger partial charge on any atom is -0.508 e. The molecular weight excluding hydrogens is 442 g/mol. The Morgan fingerprint density at radius 2 is 1.68 bits per heavy atom. The van der Waals surface area contributed by atoms with E-state index in [-0.39, 0.29) is 24.6 Å². The van der Waals surface area contributed by atoms with Crippen LogP contribution in [-0.2, 0) is 25.6 Å². The van der Waals surface area contributed by atoms with E-state index in [2.05, 4.69) is 16.0 Å². The van der Waals surface area contributed by atoms with Crippen molar-refractivity contribution in [3.63, 3.8) is 0 Å². The number of rotatable bonds is 15. The van der Waals surface area contributed by atoms with Gasteiger partial charge in [0.05, 0.1) is 12.6 Å². The lowest BCUT2D eigenvalue weighted by molar-refractivity contribution is -0.142. The summed E-state index contributed by atoms with van der Waals surface area (Å²) < 4.78 is 0. The number of unbranched alkanes of at least 4 members (excludes halogenated alkanes) is 1. The summed E-state index contributed by atoms with van der Waals surface area (Å²) >= 11 is 0. The van der Waals surface area contributed by atoms with Gasteiger partial charge in [-0.15, -0.1) is 0 Å². The average Bonchev–Trinajstić information content (AvgIpc) is 2.81. The molecule has 34 heavy (non-hydrogen) atoms. The topological polar surface area (TPSA) is 197 Å². The molecule has 0 saturated carbocycles. The Hall–Kier alpha value is -3.18. The molecule has 1 aromatic rings. The lowest BCUT2D eigenvalue weighted by Crippen LogP contribution is -2.56. The number of hydrogen-bond acceptors (Lipinski definition) is 7. The van der Waals surface area contributed by atoms with Gasteiger partial charge in [-0.3, -0.25) is 14.4 Å². The summed E-state index contributed by atoms with van der Waals surface area (Å²) in [6, 6.07) is 3.00. The molecular formula is C23H37N5O6. The van der Waals surface area contributed by atoms with Crippen molar-refractivity contribution in [2.75, 3.05) is 13.1 Å². The molecule has 0 bridgehead atoms. The maximum Gasteiger partial charge on any atom is 0.326 e. The van der Waals surface area contributed by atoms with E-state index < -0.39 is 41.8 Å². The van der Waals surface area contributed by atoms with E-state index in [0.717, 1.165) is 6.42 Å². The summed E-state index contributed by atoms with van der Waals surface area (Å²) in [7, 11) is 0. The van der Waals surface area contributed by atoms with Crippen LogP contribution in [-0.4, -0.2) is 65.1 Å². The van der Waals surface area contributed by atoms with Gasteiger partial charge in [-0.05, 0) is 43.0 Å². The summed E-state index contributed by atoms with van der Waals surface area (Å²) in [4.78, 5) is 49.1. The fourth-order valence-electron chi connectivity index (χ4n) is 3.19. The zero-order valence-corrected chi connectivity index (χ0v) is 19.8. The van der Waals surface area contributed by atoms with Gasteiger partial charge in [-0.1, -0.05) is 38.8 Å². The van der Waals surface area contributed by atoms with Crippen LogP contribution in [0.25, 0.3) is 0 Å². The number of phenols is 1. The fourth-order valence-corrected chi connectivity index (χ4v) is 3.19. The molecule has 190 valence electrons. The predicted molar refractivity (Wildman–Crippen MR) is 127 cm³/mol. The number of hydrogen-bond donors (Lipinski definition) is 7. The zero-order chi connectivity index (χ0) is 25.7. The molecule has 0 spiro atoms. The molecule has 0 radical (unpaired) electrons. The highest BCUT2D eigenvalue weighted by molar-refractivity contribution is 5.92. The smallest absolute Gasteiger partial charge is 0.326 e. The Bertz CT molecular complexity index is 817. The van der Waals surface area contributed by atoms with Crippen molar-refractivity contribution >= 4 is 23.7 Å². The van der Waals surface area contributed by atoms with Crippen molar-refractivity contribution in [2.45, 2.75) is 64.1 Å². The molecule has 1 rings (SSSR count). The Kier molecular flexibility index (Phi) is 12.6. The van der Waals surface area contributed by atoms with Gasteiger partial charge in [0.15, 0.2) is 0 Å². The molecule has 0 heterocycles. The molecule has 11 nitrogen and oxygen atoms in total. The number of carboxylic acids is 1. The van der Waals surface area contributed by atoms with Gasteiger partial charge in [0.2, 0.25) is 17.7 Å². The molecule has 0 aliphatic heterocycles. The molecule has 11 heteroatoms. The van der Waals surface area contributed by atoms with Gasteiger partial charge in [0.25, 0.3) is 0 Å². The minimum atomic E-state index is -1.23. The molecule has 4 unspecified atom stereocenters. The van der Waals surface area contributed by atoms with Gasteiger partial charge >= 0.3 is 5.97 Å². The highest BCUT2D eigenvalue weighted by atomic mass is 16.4. The summed E-state index contributed by atoms with van der Waals surface area (Å²) in [6.45, 7) is 3.74. The Morgan fingerprint density at radius 1 is 1.03 bits per heavy atom. The number of aliphatic carboxylic acids is 1. The second-order valence-electron chi connectivity index (χ2n) is 8.31. The van der Waals surface area contributed by atoms with Crippen molar-refractivity contribution < 1.29 is 29.4 Å². The van der Waals surface area contributed by atoms with Crippen LogP contribution in [0.3, 0.4) is 0 Å².